The average Bonchev–Trinajstić information content (AvgIpc) is 2.85. The van der Waals surface area contributed by atoms with Crippen molar-refractivity contribution in [3.8, 4) is 17.6 Å². The van der Waals surface area contributed by atoms with Crippen molar-refractivity contribution in [1.82, 2.24) is 4.90 Å². The highest BCUT2D eigenvalue weighted by Gasteiger charge is 2.40. The first kappa shape index (κ1) is 27.3. The lowest BCUT2D eigenvalue weighted by Gasteiger charge is -2.37. The Kier molecular flexibility index (Phi) is 10.2. The molecule has 0 bridgehead atoms. The number of halogens is 1. The number of carboxylic acid groups (broad SMARTS) is 1. The second-order valence-electron chi connectivity index (χ2n) is 8.73. The Balaban J connectivity index is 1.72. The third-order valence-electron chi connectivity index (χ3n) is 6.16. The molecule has 2 aromatic rings. The summed E-state index contributed by atoms with van der Waals surface area (Å²) in [5.74, 6) is 4.97. The monoisotopic (exact) mass is 561 g/mol. The molecule has 3 rings (SSSR count). The third kappa shape index (κ3) is 7.83. The minimum Gasteiger partial charge on any atom is -0.481 e. The average molecular weight is 563 g/mol. The number of benzene rings is 2. The molecule has 0 aliphatic carbocycles. The molecule has 0 spiro atoms. The number of hydrogen-bond donors (Lipinski definition) is 1. The Bertz CT molecular complexity index is 1140. The van der Waals surface area contributed by atoms with E-state index in [1.165, 1.54) is 18.6 Å². The Morgan fingerprint density at radius 1 is 1.11 bits per heavy atom. The zero-order chi connectivity index (χ0) is 25.3. The minimum absolute atomic E-state index is 0.0556. The van der Waals surface area contributed by atoms with Crippen molar-refractivity contribution in [2.75, 3.05) is 13.2 Å². The molecule has 0 radical (unpaired) electrons. The number of likely N-dealkylation sites (tertiary alicyclic amines) is 1. The van der Waals surface area contributed by atoms with E-state index in [0.717, 1.165) is 29.3 Å². The summed E-state index contributed by atoms with van der Waals surface area (Å²) in [6.07, 6.45) is 4.74. The number of piperidine rings is 1. The van der Waals surface area contributed by atoms with Gasteiger partial charge >= 0.3 is 5.97 Å². The zero-order valence-electron chi connectivity index (χ0n) is 20.0. The summed E-state index contributed by atoms with van der Waals surface area (Å²) in [6.45, 7) is 3.23. The van der Waals surface area contributed by atoms with Crippen molar-refractivity contribution in [2.45, 2.75) is 62.3 Å². The maximum Gasteiger partial charge on any atom is 0.306 e. The maximum absolute atomic E-state index is 13.6. The van der Waals surface area contributed by atoms with Crippen LogP contribution in [0.15, 0.2) is 57.9 Å². The van der Waals surface area contributed by atoms with Crippen LogP contribution < -0.4 is 4.74 Å². The van der Waals surface area contributed by atoms with Gasteiger partial charge in [0.2, 0.25) is 0 Å². The highest BCUT2D eigenvalue weighted by atomic mass is 79.9. The van der Waals surface area contributed by atoms with Gasteiger partial charge in [-0.2, -0.15) is 0 Å². The molecule has 1 heterocycles. The van der Waals surface area contributed by atoms with Crippen LogP contribution in [0.3, 0.4) is 0 Å². The number of ether oxygens (including phenoxy) is 1. The van der Waals surface area contributed by atoms with E-state index in [0.29, 0.717) is 25.3 Å². The third-order valence-corrected chi connectivity index (χ3v) is 8.82. The Labute approximate surface area is 216 Å². The van der Waals surface area contributed by atoms with Crippen molar-refractivity contribution in [3.05, 3.63) is 58.6 Å². The lowest BCUT2D eigenvalue weighted by atomic mass is 9.96. The molecule has 188 valence electrons. The van der Waals surface area contributed by atoms with Gasteiger partial charge in [-0.3, -0.25) is 9.69 Å². The van der Waals surface area contributed by atoms with Gasteiger partial charge in [-0.05, 0) is 61.2 Å². The molecule has 2 atom stereocenters. The van der Waals surface area contributed by atoms with Crippen LogP contribution in [0.4, 0.5) is 0 Å². The van der Waals surface area contributed by atoms with E-state index in [4.69, 9.17) is 4.74 Å². The lowest BCUT2D eigenvalue weighted by Crippen LogP contribution is -2.47. The first-order chi connectivity index (χ1) is 16.8. The molecule has 0 saturated carbocycles. The second kappa shape index (κ2) is 13.1. The van der Waals surface area contributed by atoms with Gasteiger partial charge in [0.15, 0.2) is 9.84 Å². The van der Waals surface area contributed by atoms with Crippen molar-refractivity contribution in [3.63, 3.8) is 0 Å². The molecular formula is C27H32BrNO5S. The summed E-state index contributed by atoms with van der Waals surface area (Å²) in [7, 11) is -3.79. The Morgan fingerprint density at radius 2 is 1.83 bits per heavy atom. The molecule has 2 unspecified atom stereocenters. The summed E-state index contributed by atoms with van der Waals surface area (Å²) in [5, 5.41) is 8.64. The predicted octanol–water partition coefficient (Wildman–Crippen LogP) is 5.51. The molecule has 0 amide bonds. The van der Waals surface area contributed by atoms with Crippen LogP contribution in [0.1, 0.15) is 51.0 Å². The Morgan fingerprint density at radius 3 is 2.49 bits per heavy atom. The maximum atomic E-state index is 13.6. The van der Waals surface area contributed by atoms with E-state index in [9.17, 15) is 18.3 Å². The largest absolute Gasteiger partial charge is 0.481 e. The summed E-state index contributed by atoms with van der Waals surface area (Å²) in [6, 6.07) is 14.0. The fraction of sp³-hybridized carbons (Fsp3) is 0.444. The molecule has 35 heavy (non-hydrogen) atoms. The van der Waals surface area contributed by atoms with Crippen LogP contribution in [0.25, 0.3) is 0 Å². The first-order valence-corrected chi connectivity index (χ1v) is 14.3. The number of carbonyl (C=O) groups is 1. The lowest BCUT2D eigenvalue weighted by molar-refractivity contribution is -0.143. The van der Waals surface area contributed by atoms with Gasteiger partial charge in [0.05, 0.1) is 10.8 Å². The predicted molar refractivity (Wildman–Crippen MR) is 140 cm³/mol. The van der Waals surface area contributed by atoms with Gasteiger partial charge in [0, 0.05) is 24.0 Å². The molecule has 1 aliphatic rings. The molecule has 1 N–H and O–H groups in total. The first-order valence-electron chi connectivity index (χ1n) is 11.9. The van der Waals surface area contributed by atoms with Crippen LogP contribution >= 0.6 is 15.9 Å². The quantitative estimate of drug-likeness (QED) is 0.304. The fourth-order valence-electron chi connectivity index (χ4n) is 4.13. The van der Waals surface area contributed by atoms with Crippen LogP contribution in [0.2, 0.25) is 0 Å². The van der Waals surface area contributed by atoms with Crippen LogP contribution in [-0.4, -0.2) is 42.9 Å². The van der Waals surface area contributed by atoms with E-state index >= 15 is 0 Å². The summed E-state index contributed by atoms with van der Waals surface area (Å²) in [5.41, 5.74) is 0.974. The minimum atomic E-state index is -3.79. The smallest absolute Gasteiger partial charge is 0.306 e. The molecule has 1 fully saturated rings. The summed E-state index contributed by atoms with van der Waals surface area (Å²) < 4.78 is 33.8. The summed E-state index contributed by atoms with van der Waals surface area (Å²) in [4.78, 5) is 13.7. The topological polar surface area (TPSA) is 83.9 Å². The fourth-order valence-corrected chi connectivity index (χ4v) is 6.29. The molecule has 2 aromatic carbocycles. The Hall–Kier alpha value is -2.34. The highest BCUT2D eigenvalue weighted by molar-refractivity contribution is 9.10. The standard InChI is InChI=1S/C27H32BrNO5S/c1-2-3-4-5-6-7-18-34-24-12-14-25(15-13-24)35(32,33)26-19-22(27(30)31)16-17-29(26)20-21-8-10-23(28)11-9-21/h8-15,22,26H,2-5,16-20H2,1H3,(H,30,31). The van der Waals surface area contributed by atoms with E-state index in [-0.39, 0.29) is 17.9 Å². The molecule has 6 nitrogen and oxygen atoms in total. The van der Waals surface area contributed by atoms with E-state index in [2.05, 4.69) is 34.7 Å². The van der Waals surface area contributed by atoms with Crippen molar-refractivity contribution in [1.29, 1.82) is 0 Å². The van der Waals surface area contributed by atoms with Gasteiger partial charge in [0.1, 0.15) is 17.7 Å². The van der Waals surface area contributed by atoms with Gasteiger partial charge in [-0.1, -0.05) is 59.7 Å². The summed E-state index contributed by atoms with van der Waals surface area (Å²) >= 11 is 3.41. The molecule has 1 aliphatic heterocycles. The number of hydrogen-bond acceptors (Lipinski definition) is 5. The molecular weight excluding hydrogens is 530 g/mol. The van der Waals surface area contributed by atoms with Gasteiger partial charge in [0.25, 0.3) is 0 Å². The number of aliphatic carboxylic acids is 1. The van der Waals surface area contributed by atoms with Crippen molar-refractivity contribution < 1.29 is 23.1 Å². The second-order valence-corrected chi connectivity index (χ2v) is 11.7. The van der Waals surface area contributed by atoms with Gasteiger partial charge in [-0.15, -0.1) is 0 Å². The normalized spacial score (nSPS) is 18.5. The number of carboxylic acids is 1. The van der Waals surface area contributed by atoms with Crippen LogP contribution in [0.5, 0.6) is 5.75 Å². The van der Waals surface area contributed by atoms with Crippen LogP contribution in [-0.2, 0) is 21.2 Å². The molecule has 0 aromatic heterocycles. The zero-order valence-corrected chi connectivity index (χ0v) is 22.4. The highest BCUT2D eigenvalue weighted by Crippen LogP contribution is 2.32. The molecule has 8 heteroatoms. The van der Waals surface area contributed by atoms with Crippen molar-refractivity contribution in [2.24, 2.45) is 5.92 Å². The number of nitrogens with zero attached hydrogens (tertiary/aromatic N) is 1. The SMILES string of the molecule is CCCCCC#CCOc1ccc(S(=O)(=O)C2CC(C(=O)O)CCN2Cc2ccc(Br)cc2)cc1. The molecule has 1 saturated heterocycles. The van der Waals surface area contributed by atoms with Gasteiger partial charge < -0.3 is 9.84 Å². The van der Waals surface area contributed by atoms with Crippen LogP contribution in [0, 0.1) is 17.8 Å². The van der Waals surface area contributed by atoms with Gasteiger partial charge in [-0.25, -0.2) is 8.42 Å². The number of unbranched alkanes of at least 4 members (excludes halogenated alkanes) is 3. The van der Waals surface area contributed by atoms with E-state index < -0.39 is 27.1 Å². The number of sulfone groups is 1. The van der Waals surface area contributed by atoms with Crippen molar-refractivity contribution >= 4 is 31.7 Å². The van der Waals surface area contributed by atoms with E-state index in [1.54, 1.807) is 12.1 Å². The number of rotatable bonds is 10. The van der Waals surface area contributed by atoms with E-state index in [1.807, 2.05) is 29.2 Å².